The number of Topliss-reactive ketones (excluding diaryl/α,β-unsaturated/α-hetero) is 1. The van der Waals surface area contributed by atoms with Crippen LogP contribution in [0, 0.1) is 11.3 Å². The topological polar surface area (TPSA) is 73.6 Å². The van der Waals surface area contributed by atoms with Gasteiger partial charge in [0.05, 0.1) is 31.0 Å². The maximum Gasteiger partial charge on any atom is 0.161 e. The molecule has 0 spiro atoms. The lowest BCUT2D eigenvalue weighted by Crippen LogP contribution is -2.33. The van der Waals surface area contributed by atoms with E-state index in [1.807, 2.05) is 30.3 Å². The molecule has 2 aromatic rings. The van der Waals surface area contributed by atoms with Crippen LogP contribution in [-0.2, 0) is 11.3 Å². The Bertz CT molecular complexity index is 753. The molecule has 0 saturated heterocycles. The van der Waals surface area contributed by atoms with E-state index in [9.17, 15) is 9.90 Å². The molecule has 0 amide bonds. The van der Waals surface area contributed by atoms with E-state index in [0.29, 0.717) is 30.0 Å². The number of anilines is 1. The summed E-state index contributed by atoms with van der Waals surface area (Å²) in [7, 11) is 1.78. The number of hydrogen-bond donors (Lipinski definition) is 1. The number of rotatable bonds is 8. The van der Waals surface area contributed by atoms with E-state index in [-0.39, 0.29) is 12.4 Å². The number of aliphatic hydroxyl groups excluding tert-OH is 1. The van der Waals surface area contributed by atoms with Gasteiger partial charge in [-0.1, -0.05) is 30.3 Å². The summed E-state index contributed by atoms with van der Waals surface area (Å²) >= 11 is 0. The van der Waals surface area contributed by atoms with Gasteiger partial charge in [-0.25, -0.2) is 0 Å². The second-order valence-corrected chi connectivity index (χ2v) is 5.93. The number of carbonyl (C=O) groups is 1. The van der Waals surface area contributed by atoms with Crippen LogP contribution < -0.4 is 4.90 Å². The highest BCUT2D eigenvalue weighted by molar-refractivity contribution is 6.00. The van der Waals surface area contributed by atoms with Gasteiger partial charge in [-0.3, -0.25) is 4.79 Å². The van der Waals surface area contributed by atoms with Crippen molar-refractivity contribution in [2.75, 3.05) is 25.1 Å². The quantitative estimate of drug-likeness (QED) is 0.749. The van der Waals surface area contributed by atoms with E-state index in [2.05, 4.69) is 6.07 Å². The first-order valence-electron chi connectivity index (χ1n) is 8.07. The van der Waals surface area contributed by atoms with Crippen molar-refractivity contribution in [1.82, 2.24) is 0 Å². The van der Waals surface area contributed by atoms with E-state index >= 15 is 0 Å². The molecule has 2 rings (SSSR count). The Morgan fingerprint density at radius 3 is 2.64 bits per heavy atom. The van der Waals surface area contributed by atoms with Crippen LogP contribution in [0.5, 0.6) is 0 Å². The predicted octanol–water partition coefficient (Wildman–Crippen LogP) is 2.77. The van der Waals surface area contributed by atoms with E-state index < -0.39 is 6.10 Å². The molecule has 1 N–H and O–H groups in total. The zero-order chi connectivity index (χ0) is 18.2. The maximum absolute atomic E-state index is 11.8. The van der Waals surface area contributed by atoms with Gasteiger partial charge in [-0.05, 0) is 30.7 Å². The Morgan fingerprint density at radius 2 is 2.00 bits per heavy atom. The molecule has 0 aliphatic carbocycles. The summed E-state index contributed by atoms with van der Waals surface area (Å²) in [6, 6.07) is 16.7. The minimum Gasteiger partial charge on any atom is -0.389 e. The lowest BCUT2D eigenvalue weighted by Gasteiger charge is -2.24. The first kappa shape index (κ1) is 18.7. The van der Waals surface area contributed by atoms with Crippen LogP contribution in [-0.4, -0.2) is 37.2 Å². The van der Waals surface area contributed by atoms with Crippen molar-refractivity contribution in [2.45, 2.75) is 19.6 Å². The molecule has 0 unspecified atom stereocenters. The van der Waals surface area contributed by atoms with Gasteiger partial charge in [-0.15, -0.1) is 0 Å². The van der Waals surface area contributed by atoms with Crippen LogP contribution in [0.25, 0.3) is 0 Å². The Balaban J connectivity index is 1.95. The van der Waals surface area contributed by atoms with Crippen molar-refractivity contribution >= 4 is 11.5 Å². The molecular weight excluding hydrogens is 316 g/mol. The highest BCUT2D eigenvalue weighted by Crippen LogP contribution is 2.22. The van der Waals surface area contributed by atoms with Gasteiger partial charge in [0, 0.05) is 24.8 Å². The molecule has 0 aromatic heterocycles. The SMILES string of the molecule is CC(=O)c1ccc(C#N)cc1N(C)C[C@H](O)COCc1ccccc1. The largest absolute Gasteiger partial charge is 0.389 e. The van der Waals surface area contributed by atoms with E-state index in [1.54, 1.807) is 30.1 Å². The third kappa shape index (κ3) is 5.42. The summed E-state index contributed by atoms with van der Waals surface area (Å²) in [4.78, 5) is 13.6. The van der Waals surface area contributed by atoms with E-state index in [0.717, 1.165) is 5.56 Å². The molecule has 130 valence electrons. The molecule has 25 heavy (non-hydrogen) atoms. The Kier molecular flexibility index (Phi) is 6.70. The molecule has 2 aromatic carbocycles. The number of likely N-dealkylation sites (N-methyl/N-ethyl adjacent to an activating group) is 1. The van der Waals surface area contributed by atoms with Gasteiger partial charge in [0.1, 0.15) is 0 Å². The smallest absolute Gasteiger partial charge is 0.161 e. The number of nitriles is 1. The number of ketones is 1. The molecule has 0 fully saturated rings. The summed E-state index contributed by atoms with van der Waals surface area (Å²) in [5.41, 5.74) is 2.68. The Hall–Kier alpha value is -2.68. The van der Waals surface area contributed by atoms with Crippen LogP contribution in [0.2, 0.25) is 0 Å². The fraction of sp³-hybridized carbons (Fsp3) is 0.300. The minimum absolute atomic E-state index is 0.0823. The summed E-state index contributed by atoms with van der Waals surface area (Å²) < 4.78 is 5.54. The highest BCUT2D eigenvalue weighted by atomic mass is 16.5. The molecule has 0 aliphatic heterocycles. The van der Waals surface area contributed by atoms with Crippen molar-refractivity contribution in [3.8, 4) is 6.07 Å². The van der Waals surface area contributed by atoms with Crippen LogP contribution >= 0.6 is 0 Å². The molecule has 0 bridgehead atoms. The molecule has 5 heteroatoms. The molecule has 0 aliphatic rings. The van der Waals surface area contributed by atoms with Gasteiger partial charge < -0.3 is 14.7 Å². The van der Waals surface area contributed by atoms with Gasteiger partial charge in [0.15, 0.2) is 5.78 Å². The zero-order valence-electron chi connectivity index (χ0n) is 14.5. The van der Waals surface area contributed by atoms with Crippen molar-refractivity contribution in [1.29, 1.82) is 5.26 Å². The fourth-order valence-corrected chi connectivity index (χ4v) is 2.57. The number of ether oxygens (including phenoxy) is 1. The highest BCUT2D eigenvalue weighted by Gasteiger charge is 2.15. The van der Waals surface area contributed by atoms with Crippen LogP contribution in [0.4, 0.5) is 5.69 Å². The van der Waals surface area contributed by atoms with E-state index in [4.69, 9.17) is 10.00 Å². The maximum atomic E-state index is 11.8. The second kappa shape index (κ2) is 8.97. The average Bonchev–Trinajstić information content (AvgIpc) is 2.61. The minimum atomic E-state index is -0.709. The number of aliphatic hydroxyl groups is 1. The van der Waals surface area contributed by atoms with Crippen LogP contribution in [0.1, 0.15) is 28.4 Å². The molecule has 0 radical (unpaired) electrons. The monoisotopic (exact) mass is 338 g/mol. The summed E-state index contributed by atoms with van der Waals surface area (Å²) in [5.74, 6) is -0.0823. The normalized spacial score (nSPS) is 11.6. The molecular formula is C20H22N2O3. The summed E-state index contributed by atoms with van der Waals surface area (Å²) in [5, 5.41) is 19.3. The molecule has 5 nitrogen and oxygen atoms in total. The van der Waals surface area contributed by atoms with Crippen LogP contribution in [0.3, 0.4) is 0 Å². The standard InChI is InChI=1S/C20H22N2O3/c1-15(23)19-9-8-17(11-21)10-20(19)22(2)12-18(24)14-25-13-16-6-4-3-5-7-16/h3-10,18,24H,12-14H2,1-2H3/t18-/m0/s1. The van der Waals surface area contributed by atoms with E-state index in [1.165, 1.54) is 6.92 Å². The second-order valence-electron chi connectivity index (χ2n) is 5.93. The number of benzene rings is 2. The predicted molar refractivity (Wildman–Crippen MR) is 96.5 cm³/mol. The zero-order valence-corrected chi connectivity index (χ0v) is 14.5. The molecule has 1 atom stereocenters. The van der Waals surface area contributed by atoms with Crippen molar-refractivity contribution < 1.29 is 14.6 Å². The first-order valence-corrected chi connectivity index (χ1v) is 8.07. The average molecular weight is 338 g/mol. The summed E-state index contributed by atoms with van der Waals surface area (Å²) in [6.45, 7) is 2.40. The van der Waals surface area contributed by atoms with Gasteiger partial charge >= 0.3 is 0 Å². The fourth-order valence-electron chi connectivity index (χ4n) is 2.57. The third-order valence-corrected chi connectivity index (χ3v) is 3.82. The van der Waals surface area contributed by atoms with Crippen LogP contribution in [0.15, 0.2) is 48.5 Å². The molecule has 0 heterocycles. The lowest BCUT2D eigenvalue weighted by molar-refractivity contribution is 0.0324. The molecule has 0 saturated carbocycles. The number of carbonyl (C=O) groups excluding carboxylic acids is 1. The summed E-state index contributed by atoms with van der Waals surface area (Å²) in [6.07, 6.45) is -0.709. The van der Waals surface area contributed by atoms with Gasteiger partial charge in [0.2, 0.25) is 0 Å². The lowest BCUT2D eigenvalue weighted by atomic mass is 10.1. The van der Waals surface area contributed by atoms with Crippen molar-refractivity contribution in [3.05, 3.63) is 65.2 Å². The van der Waals surface area contributed by atoms with Crippen molar-refractivity contribution in [2.24, 2.45) is 0 Å². The Morgan fingerprint density at radius 1 is 1.28 bits per heavy atom. The van der Waals surface area contributed by atoms with Gasteiger partial charge in [-0.2, -0.15) is 5.26 Å². The number of nitrogens with zero attached hydrogens (tertiary/aromatic N) is 2. The Labute approximate surface area is 148 Å². The first-order chi connectivity index (χ1) is 12.0. The van der Waals surface area contributed by atoms with Gasteiger partial charge in [0.25, 0.3) is 0 Å². The number of hydrogen-bond acceptors (Lipinski definition) is 5. The third-order valence-electron chi connectivity index (χ3n) is 3.82. The van der Waals surface area contributed by atoms with Crippen molar-refractivity contribution in [3.63, 3.8) is 0 Å².